The van der Waals surface area contributed by atoms with Crippen molar-refractivity contribution in [3.63, 3.8) is 0 Å². The number of carbonyl (C=O) groups is 2. The normalized spacial score (nSPS) is 14.1. The number of imide groups is 1. The molecule has 16 heavy (non-hydrogen) atoms. The molecule has 0 aromatic heterocycles. The predicted molar refractivity (Wildman–Crippen MR) is 63.4 cm³/mol. The number of nitrogens with zero attached hydrogens (tertiary/aromatic N) is 1. The molecule has 1 aliphatic heterocycles. The zero-order valence-electron chi connectivity index (χ0n) is 8.86. The molecule has 0 spiro atoms. The van der Waals surface area contributed by atoms with Crippen LogP contribution in [0.4, 0.5) is 0 Å². The quantitative estimate of drug-likeness (QED) is 0.717. The van der Waals surface area contributed by atoms with Gasteiger partial charge < -0.3 is 0 Å². The number of rotatable bonds is 2. The molecule has 3 nitrogen and oxygen atoms in total. The fourth-order valence-corrected chi connectivity index (χ4v) is 1.77. The molecule has 0 bridgehead atoms. The molecule has 0 unspecified atom stereocenters. The molecule has 86 valence electrons. The van der Waals surface area contributed by atoms with E-state index in [-0.39, 0.29) is 19.2 Å². The average molecular weight is 219 g/mol. The predicted octanol–water partition coefficient (Wildman–Crippen LogP) is 2.57. The van der Waals surface area contributed by atoms with Gasteiger partial charge >= 0.3 is 0 Å². The lowest BCUT2D eigenvalue weighted by Crippen LogP contribution is -2.33. The van der Waals surface area contributed by atoms with E-state index in [1.54, 1.807) is 24.3 Å². The second-order valence-corrected chi connectivity index (χ2v) is 4.16. The van der Waals surface area contributed by atoms with Gasteiger partial charge in [-0.2, -0.15) is 0 Å². The maximum Gasteiger partial charge on any atom is 0.261 e. The van der Waals surface area contributed by atoms with Gasteiger partial charge in [-0.05, 0) is 18.1 Å². The van der Waals surface area contributed by atoms with Crippen molar-refractivity contribution in [2.45, 2.75) is 21.3 Å². The van der Waals surface area contributed by atoms with E-state index in [1.165, 1.54) is 4.90 Å². The van der Waals surface area contributed by atoms with Crippen LogP contribution < -0.4 is 0 Å². The van der Waals surface area contributed by atoms with Crippen molar-refractivity contribution in [2.24, 2.45) is 5.92 Å². The van der Waals surface area contributed by atoms with Crippen molar-refractivity contribution in [1.29, 1.82) is 0 Å². The van der Waals surface area contributed by atoms with E-state index in [0.717, 1.165) is 0 Å². The maximum atomic E-state index is 11.8. The summed E-state index contributed by atoms with van der Waals surface area (Å²) in [5, 5.41) is 0. The molecule has 0 aliphatic carbocycles. The van der Waals surface area contributed by atoms with Crippen LogP contribution in [0, 0.1) is 5.92 Å². The third-order valence-electron chi connectivity index (χ3n) is 2.43. The van der Waals surface area contributed by atoms with Crippen molar-refractivity contribution >= 4 is 11.8 Å². The van der Waals surface area contributed by atoms with Crippen molar-refractivity contribution in [2.75, 3.05) is 6.54 Å². The van der Waals surface area contributed by atoms with Crippen LogP contribution in [0.5, 0.6) is 0 Å². The molecular formula is C13H17NO2. The maximum absolute atomic E-state index is 11.8. The minimum Gasteiger partial charge on any atom is -0.274 e. The first kappa shape index (κ1) is 12.4. The summed E-state index contributed by atoms with van der Waals surface area (Å²) in [4.78, 5) is 25.0. The summed E-state index contributed by atoms with van der Waals surface area (Å²) >= 11 is 0. The topological polar surface area (TPSA) is 37.4 Å². The van der Waals surface area contributed by atoms with E-state index >= 15 is 0 Å². The smallest absolute Gasteiger partial charge is 0.261 e. The van der Waals surface area contributed by atoms with Crippen molar-refractivity contribution in [3.05, 3.63) is 35.4 Å². The van der Waals surface area contributed by atoms with Gasteiger partial charge in [-0.1, -0.05) is 33.4 Å². The van der Waals surface area contributed by atoms with Crippen LogP contribution in [0.2, 0.25) is 0 Å². The Balaban J connectivity index is 0.00000128. The molecule has 0 atom stereocenters. The Hall–Kier alpha value is -1.64. The van der Waals surface area contributed by atoms with Gasteiger partial charge in [-0.25, -0.2) is 0 Å². The van der Waals surface area contributed by atoms with Gasteiger partial charge in [0.2, 0.25) is 0 Å². The zero-order valence-corrected chi connectivity index (χ0v) is 8.86. The van der Waals surface area contributed by atoms with Crippen molar-refractivity contribution in [3.8, 4) is 0 Å². The molecule has 1 aromatic rings. The van der Waals surface area contributed by atoms with E-state index in [4.69, 9.17) is 0 Å². The molecule has 0 saturated heterocycles. The van der Waals surface area contributed by atoms with Crippen LogP contribution >= 0.6 is 0 Å². The summed E-state index contributed by atoms with van der Waals surface area (Å²) < 4.78 is 0. The van der Waals surface area contributed by atoms with Crippen LogP contribution in [0.3, 0.4) is 0 Å². The second-order valence-electron chi connectivity index (χ2n) is 4.16. The molecule has 0 fully saturated rings. The number of amides is 2. The Bertz CT molecular complexity index is 389. The Morgan fingerprint density at radius 2 is 1.50 bits per heavy atom. The van der Waals surface area contributed by atoms with Gasteiger partial charge in [0.25, 0.3) is 11.8 Å². The Morgan fingerprint density at radius 3 is 1.88 bits per heavy atom. The zero-order chi connectivity index (χ0) is 11.0. The Labute approximate surface area is 96.1 Å². The van der Waals surface area contributed by atoms with Crippen molar-refractivity contribution in [1.82, 2.24) is 4.90 Å². The first-order valence-electron chi connectivity index (χ1n) is 5.06. The van der Waals surface area contributed by atoms with Gasteiger partial charge in [0.15, 0.2) is 0 Å². The van der Waals surface area contributed by atoms with E-state index in [0.29, 0.717) is 23.6 Å². The highest BCUT2D eigenvalue weighted by atomic mass is 16.2. The van der Waals surface area contributed by atoms with Crippen LogP contribution in [0.25, 0.3) is 0 Å². The largest absolute Gasteiger partial charge is 0.274 e. The first-order chi connectivity index (χ1) is 7.11. The number of hydrogen-bond acceptors (Lipinski definition) is 2. The molecule has 0 radical (unpaired) electrons. The lowest BCUT2D eigenvalue weighted by molar-refractivity contribution is 0.0636. The molecule has 1 aromatic carbocycles. The standard InChI is InChI=1S/C12H13NO2.CH4/c1-8(2)7-13-11(14)9-5-3-4-6-10(9)12(13)15;/h3-6,8H,7H2,1-2H3;1H4. The van der Waals surface area contributed by atoms with E-state index < -0.39 is 0 Å². The fourth-order valence-electron chi connectivity index (χ4n) is 1.77. The van der Waals surface area contributed by atoms with Gasteiger partial charge in [-0.15, -0.1) is 0 Å². The van der Waals surface area contributed by atoms with Crippen LogP contribution in [0.15, 0.2) is 24.3 Å². The number of fused-ring (bicyclic) bond motifs is 1. The molecule has 0 N–H and O–H groups in total. The van der Waals surface area contributed by atoms with E-state index in [9.17, 15) is 9.59 Å². The third-order valence-corrected chi connectivity index (χ3v) is 2.43. The molecule has 2 amide bonds. The Morgan fingerprint density at radius 1 is 1.06 bits per heavy atom. The highest BCUT2D eigenvalue weighted by Crippen LogP contribution is 2.22. The summed E-state index contributed by atoms with van der Waals surface area (Å²) in [6, 6.07) is 6.97. The van der Waals surface area contributed by atoms with Crippen LogP contribution in [-0.2, 0) is 0 Å². The highest BCUT2D eigenvalue weighted by molar-refractivity contribution is 6.21. The first-order valence-corrected chi connectivity index (χ1v) is 5.06. The molecule has 1 heterocycles. The van der Waals surface area contributed by atoms with Gasteiger partial charge in [0.05, 0.1) is 11.1 Å². The molecule has 2 rings (SSSR count). The van der Waals surface area contributed by atoms with Crippen LogP contribution in [0.1, 0.15) is 42.0 Å². The number of carbonyl (C=O) groups excluding carboxylic acids is 2. The van der Waals surface area contributed by atoms with E-state index in [2.05, 4.69) is 0 Å². The summed E-state index contributed by atoms with van der Waals surface area (Å²) in [7, 11) is 0. The lowest BCUT2D eigenvalue weighted by atomic mass is 10.1. The SMILES string of the molecule is C.CC(C)CN1C(=O)c2ccccc2C1=O. The number of benzene rings is 1. The average Bonchev–Trinajstić information content (AvgIpc) is 2.44. The summed E-state index contributed by atoms with van der Waals surface area (Å²) in [6.07, 6.45) is 0. The molecule has 1 aliphatic rings. The Kier molecular flexibility index (Phi) is 3.48. The highest BCUT2D eigenvalue weighted by Gasteiger charge is 2.34. The summed E-state index contributed by atoms with van der Waals surface area (Å²) in [5.41, 5.74) is 1.06. The van der Waals surface area contributed by atoms with Gasteiger partial charge in [-0.3, -0.25) is 14.5 Å². The third kappa shape index (κ3) is 1.85. The molecule has 3 heteroatoms. The summed E-state index contributed by atoms with van der Waals surface area (Å²) in [6.45, 7) is 4.47. The minimum absolute atomic E-state index is 0. The fraction of sp³-hybridized carbons (Fsp3) is 0.385. The van der Waals surface area contributed by atoms with Crippen molar-refractivity contribution < 1.29 is 9.59 Å². The van der Waals surface area contributed by atoms with Gasteiger partial charge in [0.1, 0.15) is 0 Å². The monoisotopic (exact) mass is 219 g/mol. The minimum atomic E-state index is -0.163. The molecule has 0 saturated carbocycles. The van der Waals surface area contributed by atoms with Crippen LogP contribution in [-0.4, -0.2) is 23.3 Å². The second kappa shape index (κ2) is 4.47. The van der Waals surface area contributed by atoms with E-state index in [1.807, 2.05) is 13.8 Å². The number of hydrogen-bond donors (Lipinski definition) is 0. The lowest BCUT2D eigenvalue weighted by Gasteiger charge is -2.15. The van der Waals surface area contributed by atoms with Gasteiger partial charge in [0, 0.05) is 6.54 Å². The summed E-state index contributed by atoms with van der Waals surface area (Å²) in [5.74, 6) is -0.0270. The molecular weight excluding hydrogens is 202 g/mol.